The van der Waals surface area contributed by atoms with Crippen LogP contribution in [-0.2, 0) is 0 Å². The van der Waals surface area contributed by atoms with Crippen molar-refractivity contribution in [1.82, 2.24) is 10.4 Å². The van der Waals surface area contributed by atoms with Gasteiger partial charge >= 0.3 is 5.97 Å². The van der Waals surface area contributed by atoms with E-state index in [1.807, 2.05) is 54.6 Å². The number of benzene rings is 4. The SMILES string of the molecule is COc1cc(C=NNC(=O)c2[nH]c3ccccc3c2-c2ccccc2)ccc1OC(=O)c1ccc2c(c1)OCO2. The Bertz CT molecular complexity index is 1760. The predicted molar refractivity (Wildman–Crippen MR) is 149 cm³/mol. The molecule has 40 heavy (non-hydrogen) atoms. The number of nitrogens with zero attached hydrogens (tertiary/aromatic N) is 1. The number of methoxy groups -OCH3 is 1. The standard InChI is InChI=1S/C31H23N3O6/c1-37-26-15-19(11-13-25(26)40-31(36)21-12-14-24-27(16-21)39-18-38-24)17-32-34-30(35)29-28(20-7-3-2-4-8-20)22-9-5-6-10-23(22)33-29/h2-17,33H,18H2,1H3,(H,34,35). The summed E-state index contributed by atoms with van der Waals surface area (Å²) in [6.07, 6.45) is 1.48. The second-order valence-electron chi connectivity index (χ2n) is 8.85. The Labute approximate surface area is 229 Å². The van der Waals surface area contributed by atoms with Crippen molar-refractivity contribution in [2.45, 2.75) is 0 Å². The van der Waals surface area contributed by atoms with Crippen LogP contribution in [0.15, 0.2) is 96.1 Å². The van der Waals surface area contributed by atoms with Gasteiger partial charge in [0, 0.05) is 16.5 Å². The lowest BCUT2D eigenvalue weighted by molar-refractivity contribution is 0.0729. The zero-order valence-electron chi connectivity index (χ0n) is 21.3. The first-order valence-electron chi connectivity index (χ1n) is 12.4. The van der Waals surface area contributed by atoms with E-state index < -0.39 is 5.97 Å². The Morgan fingerprint density at radius 3 is 2.55 bits per heavy atom. The number of H-pyrrole nitrogens is 1. The van der Waals surface area contributed by atoms with Gasteiger partial charge in [0.25, 0.3) is 5.91 Å². The van der Waals surface area contributed by atoms with Gasteiger partial charge in [0.1, 0.15) is 5.69 Å². The fraction of sp³-hybridized carbons (Fsp3) is 0.0645. The van der Waals surface area contributed by atoms with Gasteiger partial charge in [-0.05, 0) is 53.6 Å². The average Bonchev–Trinajstić information content (AvgIpc) is 3.62. The summed E-state index contributed by atoms with van der Waals surface area (Å²) in [4.78, 5) is 29.1. The van der Waals surface area contributed by atoms with E-state index >= 15 is 0 Å². The maximum atomic E-state index is 13.1. The van der Waals surface area contributed by atoms with Gasteiger partial charge in [0.2, 0.25) is 6.79 Å². The first-order chi connectivity index (χ1) is 19.6. The number of nitrogens with one attached hydrogen (secondary N) is 2. The molecular weight excluding hydrogens is 510 g/mol. The molecule has 0 unspecified atom stereocenters. The number of carbonyl (C=O) groups is 2. The van der Waals surface area contributed by atoms with Crippen molar-refractivity contribution in [2.75, 3.05) is 13.9 Å². The molecular formula is C31H23N3O6. The molecule has 2 heterocycles. The van der Waals surface area contributed by atoms with Crippen molar-refractivity contribution in [3.8, 4) is 34.1 Å². The number of aromatic nitrogens is 1. The van der Waals surface area contributed by atoms with Crippen LogP contribution in [0.25, 0.3) is 22.0 Å². The lowest BCUT2D eigenvalue weighted by atomic mass is 10.0. The van der Waals surface area contributed by atoms with Crippen LogP contribution in [0.3, 0.4) is 0 Å². The minimum Gasteiger partial charge on any atom is -0.493 e. The van der Waals surface area contributed by atoms with Crippen LogP contribution < -0.4 is 24.4 Å². The fourth-order valence-electron chi connectivity index (χ4n) is 4.47. The Hall–Kier alpha value is -5.57. The molecule has 5 aromatic rings. The van der Waals surface area contributed by atoms with E-state index in [0.717, 1.165) is 22.0 Å². The normalized spacial score (nSPS) is 12.0. The van der Waals surface area contributed by atoms with E-state index in [2.05, 4.69) is 15.5 Å². The highest BCUT2D eigenvalue weighted by atomic mass is 16.7. The van der Waals surface area contributed by atoms with E-state index in [9.17, 15) is 9.59 Å². The molecule has 0 atom stereocenters. The number of para-hydroxylation sites is 1. The maximum absolute atomic E-state index is 13.1. The topological polar surface area (TPSA) is 111 Å². The molecule has 0 fully saturated rings. The first kappa shape index (κ1) is 24.7. The number of hydrogen-bond acceptors (Lipinski definition) is 7. The van der Waals surface area contributed by atoms with Gasteiger partial charge in [-0.2, -0.15) is 5.10 Å². The number of ether oxygens (including phenoxy) is 4. The number of rotatable bonds is 7. The number of fused-ring (bicyclic) bond motifs is 2. The quantitative estimate of drug-likeness (QED) is 0.123. The molecule has 1 aromatic heterocycles. The minimum absolute atomic E-state index is 0.112. The Morgan fingerprint density at radius 2 is 1.70 bits per heavy atom. The summed E-state index contributed by atoms with van der Waals surface area (Å²) >= 11 is 0. The van der Waals surface area contributed by atoms with Gasteiger partial charge in [-0.25, -0.2) is 10.2 Å². The average molecular weight is 534 g/mol. The van der Waals surface area contributed by atoms with Crippen molar-refractivity contribution in [2.24, 2.45) is 5.10 Å². The summed E-state index contributed by atoms with van der Waals surface area (Å²) in [6.45, 7) is 0.112. The Balaban J connectivity index is 1.18. The summed E-state index contributed by atoms with van der Waals surface area (Å²) in [5.74, 6) is 0.665. The molecule has 0 bridgehead atoms. The van der Waals surface area contributed by atoms with Gasteiger partial charge in [-0.3, -0.25) is 4.79 Å². The minimum atomic E-state index is -0.571. The largest absolute Gasteiger partial charge is 0.493 e. The number of amides is 1. The second-order valence-corrected chi connectivity index (χ2v) is 8.85. The molecule has 0 saturated heterocycles. The van der Waals surface area contributed by atoms with Gasteiger partial charge in [0.15, 0.2) is 23.0 Å². The van der Waals surface area contributed by atoms with E-state index in [0.29, 0.717) is 34.1 Å². The van der Waals surface area contributed by atoms with Crippen LogP contribution in [0, 0.1) is 0 Å². The summed E-state index contributed by atoms with van der Waals surface area (Å²) in [5.41, 5.74) is 6.52. The number of hydrazone groups is 1. The van der Waals surface area contributed by atoms with Crippen molar-refractivity contribution in [3.05, 3.63) is 108 Å². The number of aromatic amines is 1. The maximum Gasteiger partial charge on any atom is 0.343 e. The third-order valence-corrected chi connectivity index (χ3v) is 6.37. The summed E-state index contributed by atoms with van der Waals surface area (Å²) in [7, 11) is 1.47. The summed E-state index contributed by atoms with van der Waals surface area (Å²) < 4.78 is 21.6. The predicted octanol–water partition coefficient (Wildman–Crippen LogP) is 5.56. The highest BCUT2D eigenvalue weighted by Crippen LogP contribution is 2.34. The molecule has 2 N–H and O–H groups in total. The van der Waals surface area contributed by atoms with Crippen molar-refractivity contribution < 1.29 is 28.5 Å². The van der Waals surface area contributed by atoms with Gasteiger partial charge in [0.05, 0.1) is 18.9 Å². The molecule has 9 heteroatoms. The molecule has 0 radical (unpaired) electrons. The Morgan fingerprint density at radius 1 is 0.900 bits per heavy atom. The van der Waals surface area contributed by atoms with E-state index in [-0.39, 0.29) is 18.4 Å². The van der Waals surface area contributed by atoms with Crippen molar-refractivity contribution in [3.63, 3.8) is 0 Å². The lowest BCUT2D eigenvalue weighted by Gasteiger charge is -2.10. The van der Waals surface area contributed by atoms with Crippen LogP contribution in [0.1, 0.15) is 26.4 Å². The third-order valence-electron chi connectivity index (χ3n) is 6.37. The molecule has 1 amide bonds. The zero-order valence-corrected chi connectivity index (χ0v) is 21.3. The molecule has 0 saturated carbocycles. The number of hydrogen-bond donors (Lipinski definition) is 2. The second kappa shape index (κ2) is 10.7. The van der Waals surface area contributed by atoms with Crippen LogP contribution in [0.5, 0.6) is 23.0 Å². The molecule has 4 aromatic carbocycles. The van der Waals surface area contributed by atoms with Gasteiger partial charge < -0.3 is 23.9 Å². The van der Waals surface area contributed by atoms with Crippen LogP contribution in [0.4, 0.5) is 0 Å². The highest BCUT2D eigenvalue weighted by molar-refractivity contribution is 6.09. The molecule has 9 nitrogen and oxygen atoms in total. The zero-order chi connectivity index (χ0) is 27.5. The van der Waals surface area contributed by atoms with Gasteiger partial charge in [-0.1, -0.05) is 48.5 Å². The van der Waals surface area contributed by atoms with Crippen LogP contribution in [0.2, 0.25) is 0 Å². The highest BCUT2D eigenvalue weighted by Gasteiger charge is 2.20. The smallest absolute Gasteiger partial charge is 0.343 e. The lowest BCUT2D eigenvalue weighted by Crippen LogP contribution is -2.18. The monoisotopic (exact) mass is 533 g/mol. The molecule has 1 aliphatic rings. The van der Waals surface area contributed by atoms with E-state index in [4.69, 9.17) is 18.9 Å². The summed E-state index contributed by atoms with van der Waals surface area (Å²) in [5, 5.41) is 5.08. The molecule has 0 aliphatic carbocycles. The van der Waals surface area contributed by atoms with Crippen molar-refractivity contribution >= 4 is 29.0 Å². The fourth-order valence-corrected chi connectivity index (χ4v) is 4.47. The Kier molecular flexibility index (Phi) is 6.60. The molecule has 6 rings (SSSR count). The van der Waals surface area contributed by atoms with Crippen LogP contribution >= 0.6 is 0 Å². The molecule has 0 spiro atoms. The number of esters is 1. The first-order valence-corrected chi connectivity index (χ1v) is 12.4. The van der Waals surface area contributed by atoms with Gasteiger partial charge in [-0.15, -0.1) is 0 Å². The molecule has 198 valence electrons. The number of carbonyl (C=O) groups excluding carboxylic acids is 2. The van der Waals surface area contributed by atoms with Crippen molar-refractivity contribution in [1.29, 1.82) is 0 Å². The van der Waals surface area contributed by atoms with E-state index in [1.54, 1.807) is 36.4 Å². The third kappa shape index (κ3) is 4.83. The summed E-state index contributed by atoms with van der Waals surface area (Å²) in [6, 6.07) is 27.2. The van der Waals surface area contributed by atoms with Crippen LogP contribution in [-0.4, -0.2) is 37.0 Å². The van der Waals surface area contributed by atoms with E-state index in [1.165, 1.54) is 13.3 Å². The molecule has 1 aliphatic heterocycles.